The van der Waals surface area contributed by atoms with Crippen LogP contribution < -0.4 is 5.32 Å². The summed E-state index contributed by atoms with van der Waals surface area (Å²) in [5.74, 6) is -0.119. The van der Waals surface area contributed by atoms with Crippen LogP contribution in [0.5, 0.6) is 0 Å². The number of halogens is 1. The summed E-state index contributed by atoms with van der Waals surface area (Å²) in [5, 5.41) is 4.53. The van der Waals surface area contributed by atoms with E-state index in [1.54, 1.807) is 23.2 Å². The summed E-state index contributed by atoms with van der Waals surface area (Å²) in [5.41, 5.74) is 0. The van der Waals surface area contributed by atoms with Crippen molar-refractivity contribution in [3.05, 3.63) is 20.8 Å². The molecule has 1 N–H and O–H groups in total. The molecule has 1 saturated heterocycles. The second-order valence-electron chi connectivity index (χ2n) is 3.65. The first kappa shape index (κ1) is 11.6. The third-order valence-electron chi connectivity index (χ3n) is 2.53. The Morgan fingerprint density at radius 3 is 3.00 bits per heavy atom. The molecule has 0 radical (unpaired) electrons. The molecule has 1 fully saturated rings. The first-order chi connectivity index (χ1) is 7.58. The topological polar surface area (TPSA) is 49.4 Å². The summed E-state index contributed by atoms with van der Waals surface area (Å²) < 4.78 is 1.01. The highest BCUT2D eigenvalue weighted by Crippen LogP contribution is 2.22. The fraction of sp³-hybridized carbons (Fsp3) is 0.400. The van der Waals surface area contributed by atoms with E-state index < -0.39 is 0 Å². The number of carbonyl (C=O) groups is 2. The van der Waals surface area contributed by atoms with Gasteiger partial charge in [0.25, 0.3) is 0 Å². The predicted octanol–water partition coefficient (Wildman–Crippen LogP) is 1.36. The average molecular weight is 303 g/mol. The lowest BCUT2D eigenvalue weighted by Gasteiger charge is -2.32. The number of carbonyl (C=O) groups excluding carboxylic acids is 2. The molecule has 1 aliphatic heterocycles. The fourth-order valence-corrected chi connectivity index (χ4v) is 3.05. The Morgan fingerprint density at radius 2 is 2.38 bits per heavy atom. The molecule has 6 heteroatoms. The van der Waals surface area contributed by atoms with Crippen molar-refractivity contribution >= 4 is 39.1 Å². The molecule has 0 saturated carbocycles. The van der Waals surface area contributed by atoms with Crippen LogP contribution in [0.2, 0.25) is 0 Å². The van der Waals surface area contributed by atoms with E-state index in [-0.39, 0.29) is 24.4 Å². The van der Waals surface area contributed by atoms with Gasteiger partial charge in [0.1, 0.15) is 6.04 Å². The zero-order valence-electron chi connectivity index (χ0n) is 8.70. The highest BCUT2D eigenvalue weighted by Gasteiger charge is 2.30. The van der Waals surface area contributed by atoms with Crippen molar-refractivity contribution < 1.29 is 9.59 Å². The molecule has 0 aromatic carbocycles. The van der Waals surface area contributed by atoms with E-state index in [9.17, 15) is 9.59 Å². The highest BCUT2D eigenvalue weighted by atomic mass is 79.9. The van der Waals surface area contributed by atoms with Crippen LogP contribution in [0.25, 0.3) is 0 Å². The molecule has 4 nitrogen and oxygen atoms in total. The lowest BCUT2D eigenvalue weighted by molar-refractivity contribution is -0.145. The van der Waals surface area contributed by atoms with E-state index >= 15 is 0 Å². The van der Waals surface area contributed by atoms with Gasteiger partial charge in [-0.3, -0.25) is 9.59 Å². The monoisotopic (exact) mass is 302 g/mol. The van der Waals surface area contributed by atoms with Crippen molar-refractivity contribution in [1.29, 1.82) is 0 Å². The first-order valence-corrected chi connectivity index (χ1v) is 6.55. The molecule has 16 heavy (non-hydrogen) atoms. The number of rotatable bonds is 2. The Hall–Kier alpha value is -0.880. The summed E-state index contributed by atoms with van der Waals surface area (Å²) >= 11 is 4.94. The molecule has 86 valence electrons. The smallest absolute Gasteiger partial charge is 0.242 e. The van der Waals surface area contributed by atoms with Crippen LogP contribution in [-0.4, -0.2) is 29.3 Å². The van der Waals surface area contributed by atoms with Gasteiger partial charge >= 0.3 is 0 Å². The van der Waals surface area contributed by atoms with Crippen LogP contribution in [0, 0.1) is 0 Å². The number of hydrogen-bond donors (Lipinski definition) is 1. The Morgan fingerprint density at radius 1 is 1.62 bits per heavy atom. The van der Waals surface area contributed by atoms with E-state index in [4.69, 9.17) is 0 Å². The minimum atomic E-state index is -0.387. The van der Waals surface area contributed by atoms with Crippen molar-refractivity contribution in [3.63, 3.8) is 0 Å². The summed E-state index contributed by atoms with van der Waals surface area (Å²) in [4.78, 5) is 25.8. The SMILES string of the molecule is CC1C(=O)NCC(=O)N1Cc1cc(Br)cs1. The van der Waals surface area contributed by atoms with Gasteiger partial charge in [-0.2, -0.15) is 0 Å². The zero-order valence-corrected chi connectivity index (χ0v) is 11.1. The number of piperazine rings is 1. The molecule has 1 atom stereocenters. The Kier molecular flexibility index (Phi) is 3.30. The average Bonchev–Trinajstić information content (AvgIpc) is 2.65. The molecular weight excluding hydrogens is 292 g/mol. The van der Waals surface area contributed by atoms with Crippen molar-refractivity contribution in [1.82, 2.24) is 10.2 Å². The summed E-state index contributed by atoms with van der Waals surface area (Å²) in [6, 6.07) is 1.58. The normalized spacial score (nSPS) is 21.1. The van der Waals surface area contributed by atoms with E-state index in [0.717, 1.165) is 9.35 Å². The molecule has 2 amide bonds. The van der Waals surface area contributed by atoms with E-state index in [1.807, 2.05) is 11.4 Å². The summed E-state index contributed by atoms with van der Waals surface area (Å²) in [6.07, 6.45) is 0. The zero-order chi connectivity index (χ0) is 11.7. The van der Waals surface area contributed by atoms with Crippen molar-refractivity contribution in [3.8, 4) is 0 Å². The summed E-state index contributed by atoms with van der Waals surface area (Å²) in [7, 11) is 0. The number of amides is 2. The van der Waals surface area contributed by atoms with Crippen LogP contribution in [0.4, 0.5) is 0 Å². The van der Waals surface area contributed by atoms with Gasteiger partial charge in [0, 0.05) is 14.7 Å². The maximum atomic E-state index is 11.7. The van der Waals surface area contributed by atoms with E-state index in [2.05, 4.69) is 21.2 Å². The molecule has 0 aliphatic carbocycles. The van der Waals surface area contributed by atoms with Crippen LogP contribution in [0.1, 0.15) is 11.8 Å². The number of hydrogen-bond acceptors (Lipinski definition) is 3. The van der Waals surface area contributed by atoms with Gasteiger partial charge in [0.2, 0.25) is 11.8 Å². The Labute approximate surface area is 106 Å². The number of nitrogens with one attached hydrogen (secondary N) is 1. The molecule has 0 bridgehead atoms. The van der Waals surface area contributed by atoms with E-state index in [0.29, 0.717) is 6.54 Å². The quantitative estimate of drug-likeness (QED) is 0.897. The predicted molar refractivity (Wildman–Crippen MR) is 65.0 cm³/mol. The van der Waals surface area contributed by atoms with E-state index in [1.165, 1.54) is 0 Å². The Balaban J connectivity index is 2.12. The molecule has 2 heterocycles. The largest absolute Gasteiger partial charge is 0.345 e. The third-order valence-corrected chi connectivity index (χ3v) is 4.21. The maximum absolute atomic E-state index is 11.7. The van der Waals surface area contributed by atoms with Crippen LogP contribution in [-0.2, 0) is 16.1 Å². The van der Waals surface area contributed by atoms with Gasteiger partial charge in [-0.05, 0) is 28.9 Å². The minimum Gasteiger partial charge on any atom is -0.345 e. The molecule has 1 aromatic heterocycles. The Bertz CT molecular complexity index is 432. The van der Waals surface area contributed by atoms with Gasteiger partial charge in [0.15, 0.2) is 0 Å². The number of nitrogens with zero attached hydrogens (tertiary/aromatic N) is 1. The second-order valence-corrected chi connectivity index (χ2v) is 5.56. The van der Waals surface area contributed by atoms with Crippen LogP contribution in [0.15, 0.2) is 15.9 Å². The summed E-state index contributed by atoms with van der Waals surface area (Å²) in [6.45, 7) is 2.36. The molecule has 0 spiro atoms. The molecular formula is C10H11BrN2O2S. The molecule has 1 unspecified atom stereocenters. The van der Waals surface area contributed by atoms with Gasteiger partial charge in [-0.25, -0.2) is 0 Å². The highest BCUT2D eigenvalue weighted by molar-refractivity contribution is 9.10. The maximum Gasteiger partial charge on any atom is 0.242 e. The minimum absolute atomic E-state index is 0.0309. The lowest BCUT2D eigenvalue weighted by Crippen LogP contribution is -2.56. The van der Waals surface area contributed by atoms with Crippen LogP contribution >= 0.6 is 27.3 Å². The third kappa shape index (κ3) is 2.27. The van der Waals surface area contributed by atoms with Crippen molar-refractivity contribution in [2.75, 3.05) is 6.54 Å². The van der Waals surface area contributed by atoms with Gasteiger partial charge in [0.05, 0.1) is 13.1 Å². The van der Waals surface area contributed by atoms with Crippen molar-refractivity contribution in [2.45, 2.75) is 19.5 Å². The number of thiophene rings is 1. The standard InChI is InChI=1S/C10H11BrN2O2S/c1-6-10(15)12-3-9(14)13(6)4-8-2-7(11)5-16-8/h2,5-6H,3-4H2,1H3,(H,12,15). The first-order valence-electron chi connectivity index (χ1n) is 4.88. The molecule has 2 rings (SSSR count). The van der Waals surface area contributed by atoms with Gasteiger partial charge in [-0.1, -0.05) is 0 Å². The molecule has 1 aromatic rings. The van der Waals surface area contributed by atoms with Crippen LogP contribution in [0.3, 0.4) is 0 Å². The van der Waals surface area contributed by atoms with Gasteiger partial charge in [-0.15, -0.1) is 11.3 Å². The fourth-order valence-electron chi connectivity index (χ4n) is 1.60. The van der Waals surface area contributed by atoms with Crippen molar-refractivity contribution in [2.24, 2.45) is 0 Å². The second kappa shape index (κ2) is 4.55. The molecule has 1 aliphatic rings. The lowest BCUT2D eigenvalue weighted by atomic mass is 10.2. The van der Waals surface area contributed by atoms with Gasteiger partial charge < -0.3 is 10.2 Å².